The van der Waals surface area contributed by atoms with Gasteiger partial charge in [0.25, 0.3) is 5.91 Å². The number of rotatable bonds is 10. The summed E-state index contributed by atoms with van der Waals surface area (Å²) in [7, 11) is 0. The van der Waals surface area contributed by atoms with Gasteiger partial charge >= 0.3 is 0 Å². The van der Waals surface area contributed by atoms with E-state index in [1.807, 2.05) is 36.4 Å². The molecule has 0 spiro atoms. The molecule has 0 aliphatic rings. The molecule has 0 heterocycles. The third-order valence-corrected chi connectivity index (χ3v) is 4.88. The highest BCUT2D eigenvalue weighted by Crippen LogP contribution is 2.31. The van der Waals surface area contributed by atoms with Crippen LogP contribution in [-0.2, 0) is 0 Å². The van der Waals surface area contributed by atoms with Gasteiger partial charge in [0.05, 0.1) is 24.5 Å². The molecule has 0 fully saturated rings. The first-order valence-electron chi connectivity index (χ1n) is 10.2. The lowest BCUT2D eigenvalue weighted by molar-refractivity contribution is 0.102. The van der Waals surface area contributed by atoms with Crippen LogP contribution in [0.4, 0.5) is 5.69 Å². The quantitative estimate of drug-likeness (QED) is 0.411. The molecule has 3 aromatic rings. The largest absolute Gasteiger partial charge is 0.493 e. The molecular formula is C24H27ClN2O3. The predicted octanol–water partition coefficient (Wildman–Crippen LogP) is 5.65. The Morgan fingerprint density at radius 2 is 1.67 bits per heavy atom. The molecule has 0 unspecified atom stereocenters. The topological polar surface area (TPSA) is 73.6 Å². The van der Waals surface area contributed by atoms with Crippen LogP contribution in [0.2, 0.25) is 5.02 Å². The van der Waals surface area contributed by atoms with Crippen LogP contribution < -0.4 is 20.5 Å². The number of unbranched alkanes of at least 4 members (excludes halogenated alkanes) is 1. The molecule has 3 N–H and O–H groups in total. The minimum atomic E-state index is -0.272. The van der Waals surface area contributed by atoms with Gasteiger partial charge in [-0.25, -0.2) is 0 Å². The van der Waals surface area contributed by atoms with Gasteiger partial charge in [-0.1, -0.05) is 49.2 Å². The maximum Gasteiger partial charge on any atom is 0.259 e. The third-order valence-electron chi connectivity index (χ3n) is 4.65. The van der Waals surface area contributed by atoms with Crippen LogP contribution in [-0.4, -0.2) is 25.7 Å². The number of anilines is 1. The van der Waals surface area contributed by atoms with Gasteiger partial charge in [0.1, 0.15) is 11.5 Å². The Hall–Kier alpha value is -2.76. The molecular weight excluding hydrogens is 400 g/mol. The van der Waals surface area contributed by atoms with Gasteiger partial charge < -0.3 is 20.5 Å². The van der Waals surface area contributed by atoms with Crippen LogP contribution in [0.5, 0.6) is 11.5 Å². The fourth-order valence-corrected chi connectivity index (χ4v) is 3.18. The number of nitrogens with two attached hydrogens (primary N) is 1. The summed E-state index contributed by atoms with van der Waals surface area (Å²) >= 11 is 6.12. The van der Waals surface area contributed by atoms with E-state index in [9.17, 15) is 4.79 Å². The second kappa shape index (κ2) is 10.9. The highest BCUT2D eigenvalue weighted by molar-refractivity contribution is 6.30. The molecule has 30 heavy (non-hydrogen) atoms. The lowest BCUT2D eigenvalue weighted by atomic mass is 10.0. The van der Waals surface area contributed by atoms with E-state index >= 15 is 0 Å². The number of carbonyl (C=O) groups is 1. The summed E-state index contributed by atoms with van der Waals surface area (Å²) in [6, 6.07) is 16.8. The fraction of sp³-hybridized carbons (Fsp3) is 0.292. The minimum Gasteiger partial charge on any atom is -0.493 e. The predicted molar refractivity (Wildman–Crippen MR) is 123 cm³/mol. The Kier molecular flexibility index (Phi) is 7.94. The molecule has 5 nitrogen and oxygen atoms in total. The van der Waals surface area contributed by atoms with E-state index in [0.717, 1.165) is 23.6 Å². The average Bonchev–Trinajstić information content (AvgIpc) is 2.75. The second-order valence-electron chi connectivity index (χ2n) is 6.98. The zero-order chi connectivity index (χ0) is 21.3. The second-order valence-corrected chi connectivity index (χ2v) is 7.42. The Bertz CT molecular complexity index is 1010. The van der Waals surface area contributed by atoms with Gasteiger partial charge in [0, 0.05) is 11.1 Å². The van der Waals surface area contributed by atoms with Crippen molar-refractivity contribution in [2.45, 2.75) is 26.2 Å². The summed E-state index contributed by atoms with van der Waals surface area (Å²) in [4.78, 5) is 13.2. The first-order chi connectivity index (χ1) is 14.6. The van der Waals surface area contributed by atoms with Gasteiger partial charge in [-0.2, -0.15) is 0 Å². The van der Waals surface area contributed by atoms with Crippen molar-refractivity contribution in [2.24, 2.45) is 5.73 Å². The number of ether oxygens (including phenoxy) is 2. The maximum absolute atomic E-state index is 13.2. The number of carbonyl (C=O) groups excluding carboxylic acids is 1. The molecule has 0 radical (unpaired) electrons. The van der Waals surface area contributed by atoms with Crippen molar-refractivity contribution in [2.75, 3.05) is 25.1 Å². The zero-order valence-corrected chi connectivity index (χ0v) is 17.9. The van der Waals surface area contributed by atoms with Crippen molar-refractivity contribution < 1.29 is 14.3 Å². The van der Waals surface area contributed by atoms with Crippen molar-refractivity contribution in [1.29, 1.82) is 0 Å². The van der Waals surface area contributed by atoms with Gasteiger partial charge in [-0.3, -0.25) is 4.79 Å². The molecule has 3 rings (SSSR count). The molecule has 158 valence electrons. The van der Waals surface area contributed by atoms with E-state index in [1.54, 1.807) is 18.2 Å². The highest BCUT2D eigenvalue weighted by atomic mass is 35.5. The van der Waals surface area contributed by atoms with Gasteiger partial charge in [0.2, 0.25) is 0 Å². The third kappa shape index (κ3) is 5.65. The smallest absolute Gasteiger partial charge is 0.259 e. The molecule has 6 heteroatoms. The number of hydrogen-bond acceptors (Lipinski definition) is 4. The molecule has 1 amide bonds. The van der Waals surface area contributed by atoms with E-state index in [-0.39, 0.29) is 5.91 Å². The van der Waals surface area contributed by atoms with Gasteiger partial charge in [0.15, 0.2) is 0 Å². The van der Waals surface area contributed by atoms with Gasteiger partial charge in [-0.15, -0.1) is 0 Å². The van der Waals surface area contributed by atoms with E-state index in [0.29, 0.717) is 54.0 Å². The van der Waals surface area contributed by atoms with E-state index in [4.69, 9.17) is 26.8 Å². The summed E-state index contributed by atoms with van der Waals surface area (Å²) in [6.45, 7) is 3.62. The van der Waals surface area contributed by atoms with Crippen LogP contribution in [0.15, 0.2) is 54.6 Å². The first-order valence-corrected chi connectivity index (χ1v) is 10.6. The average molecular weight is 427 g/mol. The van der Waals surface area contributed by atoms with Gasteiger partial charge in [-0.05, 0) is 54.4 Å². The number of amides is 1. The fourth-order valence-electron chi connectivity index (χ4n) is 3.02. The molecule has 0 bridgehead atoms. The number of halogens is 1. The highest BCUT2D eigenvalue weighted by Gasteiger charge is 2.17. The molecule has 0 saturated carbocycles. The standard InChI is InChI=1S/C24H27ClN2O3/c1-2-3-12-30-23-16-19(25)9-10-21(23)27-24(28)20-14-17-7-4-5-8-18(17)15-22(20)29-13-6-11-26/h4-5,7-10,14-16H,2-3,6,11-13,26H2,1H3,(H,27,28). The maximum atomic E-state index is 13.2. The number of nitrogens with one attached hydrogen (secondary N) is 1. The van der Waals surface area contributed by atoms with Crippen molar-refractivity contribution in [3.63, 3.8) is 0 Å². The number of benzene rings is 3. The lowest BCUT2D eigenvalue weighted by Gasteiger charge is -2.15. The Balaban J connectivity index is 1.89. The molecule has 0 aromatic heterocycles. The monoisotopic (exact) mass is 426 g/mol. The number of hydrogen-bond donors (Lipinski definition) is 2. The van der Waals surface area contributed by atoms with Crippen molar-refractivity contribution in [1.82, 2.24) is 0 Å². The molecule has 0 atom stereocenters. The summed E-state index contributed by atoms with van der Waals surface area (Å²) in [5.41, 5.74) is 6.61. The van der Waals surface area contributed by atoms with E-state index in [2.05, 4.69) is 12.2 Å². The van der Waals surface area contributed by atoms with Crippen molar-refractivity contribution in [3.8, 4) is 11.5 Å². The normalized spacial score (nSPS) is 10.8. The molecule has 3 aromatic carbocycles. The van der Waals surface area contributed by atoms with Crippen LogP contribution in [0, 0.1) is 0 Å². The molecule has 0 saturated heterocycles. The summed E-state index contributed by atoms with van der Waals surface area (Å²) in [5.74, 6) is 0.809. The van der Waals surface area contributed by atoms with Crippen molar-refractivity contribution >= 4 is 34.0 Å². The van der Waals surface area contributed by atoms with E-state index in [1.165, 1.54) is 0 Å². The van der Waals surface area contributed by atoms with Crippen LogP contribution >= 0.6 is 11.6 Å². The van der Waals surface area contributed by atoms with Crippen molar-refractivity contribution in [3.05, 3.63) is 65.2 Å². The van der Waals surface area contributed by atoms with Crippen LogP contribution in [0.1, 0.15) is 36.5 Å². The Morgan fingerprint density at radius 3 is 2.40 bits per heavy atom. The van der Waals surface area contributed by atoms with Crippen LogP contribution in [0.25, 0.3) is 10.8 Å². The molecule has 0 aliphatic heterocycles. The summed E-state index contributed by atoms with van der Waals surface area (Å²) in [5, 5.41) is 5.47. The zero-order valence-electron chi connectivity index (χ0n) is 17.1. The lowest BCUT2D eigenvalue weighted by Crippen LogP contribution is -2.15. The van der Waals surface area contributed by atoms with E-state index < -0.39 is 0 Å². The van der Waals surface area contributed by atoms with Crippen LogP contribution in [0.3, 0.4) is 0 Å². The molecule has 0 aliphatic carbocycles. The number of fused-ring (bicyclic) bond motifs is 1. The summed E-state index contributed by atoms with van der Waals surface area (Å²) < 4.78 is 11.7. The summed E-state index contributed by atoms with van der Waals surface area (Å²) in [6.07, 6.45) is 2.65. The first kappa shape index (κ1) is 21.9. The minimum absolute atomic E-state index is 0.272. The Morgan fingerprint density at radius 1 is 0.967 bits per heavy atom. The SMILES string of the molecule is CCCCOc1cc(Cl)ccc1NC(=O)c1cc2ccccc2cc1OCCCN. The Labute approximate surface area is 182 Å².